The Labute approximate surface area is 225 Å². The first-order valence-corrected chi connectivity index (χ1v) is 12.8. The average molecular weight is 553 g/mol. The fraction of sp³-hybridized carbons (Fsp3) is 0.214. The minimum Gasteiger partial charge on any atom is -0.369 e. The molecule has 5 rings (SSSR count). The highest BCUT2D eigenvalue weighted by molar-refractivity contribution is 8.13. The van der Waals surface area contributed by atoms with Crippen LogP contribution in [0.2, 0.25) is 0 Å². The maximum absolute atomic E-state index is 15.3. The van der Waals surface area contributed by atoms with Crippen LogP contribution in [0.1, 0.15) is 32.7 Å². The number of nitrogens with one attached hydrogen (secondary N) is 1. The summed E-state index contributed by atoms with van der Waals surface area (Å²) in [5.74, 6) is -2.73. The third kappa shape index (κ3) is 5.30. The Morgan fingerprint density at radius 1 is 1.21 bits per heavy atom. The number of hydrogen-bond donors (Lipinski definition) is 1. The van der Waals surface area contributed by atoms with Crippen LogP contribution >= 0.6 is 11.8 Å². The number of rotatable bonds is 5. The van der Waals surface area contributed by atoms with Crippen LogP contribution < -0.4 is 5.32 Å². The van der Waals surface area contributed by atoms with Gasteiger partial charge in [-0.25, -0.2) is 22.6 Å². The zero-order chi connectivity index (χ0) is 27.6. The second kappa shape index (κ2) is 11.0. The number of alkyl halides is 2. The topological polar surface area (TPSA) is 87.4 Å². The molecule has 0 spiro atoms. The average Bonchev–Trinajstić information content (AvgIpc) is 3.34. The lowest BCUT2D eigenvalue weighted by Crippen LogP contribution is -2.45. The highest BCUT2D eigenvalue weighted by Crippen LogP contribution is 2.49. The summed E-state index contributed by atoms with van der Waals surface area (Å²) >= 11 is 1.08. The number of aromatic nitrogens is 1. The van der Waals surface area contributed by atoms with Crippen LogP contribution in [0.5, 0.6) is 0 Å². The maximum Gasteiger partial charge on any atom is 0.264 e. The van der Waals surface area contributed by atoms with Gasteiger partial charge in [0, 0.05) is 29.0 Å². The number of nitriles is 1. The number of ether oxygens (including phenoxy) is 1. The maximum atomic E-state index is 15.3. The number of hydrogen-bond acceptors (Lipinski definition) is 6. The van der Waals surface area contributed by atoms with Gasteiger partial charge in [-0.2, -0.15) is 5.26 Å². The predicted molar refractivity (Wildman–Crippen MR) is 139 cm³/mol. The molecule has 1 aromatic heterocycles. The molecule has 1 fully saturated rings. The fourth-order valence-corrected chi connectivity index (χ4v) is 5.84. The molecule has 3 atom stereocenters. The van der Waals surface area contributed by atoms with E-state index in [4.69, 9.17) is 10.00 Å². The van der Waals surface area contributed by atoms with Gasteiger partial charge >= 0.3 is 0 Å². The molecule has 0 saturated carbocycles. The van der Waals surface area contributed by atoms with Crippen LogP contribution in [0.25, 0.3) is 11.9 Å². The van der Waals surface area contributed by atoms with Crippen LogP contribution in [0.4, 0.5) is 17.6 Å². The molecule has 1 N–H and O–H groups in total. The van der Waals surface area contributed by atoms with E-state index in [1.54, 1.807) is 30.3 Å². The molecule has 2 aromatic carbocycles. The van der Waals surface area contributed by atoms with Gasteiger partial charge in [-0.15, -0.1) is 0 Å². The Kier molecular flexibility index (Phi) is 7.50. The van der Waals surface area contributed by atoms with E-state index in [9.17, 15) is 18.0 Å². The smallest absolute Gasteiger partial charge is 0.264 e. The number of aliphatic imine (C=N–C) groups is 1. The first kappa shape index (κ1) is 26.6. The summed E-state index contributed by atoms with van der Waals surface area (Å²) < 4.78 is 63.5. The highest BCUT2D eigenvalue weighted by atomic mass is 32.2. The summed E-state index contributed by atoms with van der Waals surface area (Å²) in [6, 6.07) is 16.8. The number of amidine groups is 1. The number of fused-ring (bicyclic) bond motifs is 1. The van der Waals surface area contributed by atoms with Crippen molar-refractivity contribution in [3.63, 3.8) is 0 Å². The summed E-state index contributed by atoms with van der Waals surface area (Å²) in [5.41, 5.74) is -0.767. The first-order valence-electron chi connectivity index (χ1n) is 11.8. The van der Waals surface area contributed by atoms with Gasteiger partial charge in [0.15, 0.2) is 5.17 Å². The van der Waals surface area contributed by atoms with Crippen molar-refractivity contribution in [2.24, 2.45) is 10.9 Å². The molecule has 3 aromatic rings. The molecular formula is C28H20F4N4O2S. The van der Waals surface area contributed by atoms with E-state index in [2.05, 4.69) is 15.3 Å². The summed E-state index contributed by atoms with van der Waals surface area (Å²) in [4.78, 5) is 21.2. The SMILES string of the molecule is N#Cc1ccc(/C(F)=C/c2ccc(F)c([C@]34CO[C@H](C(F)F)[C@H]3CSC(NC(=O)c3ccccc3)=N4)c2)nc1. The van der Waals surface area contributed by atoms with Crippen LogP contribution in [-0.2, 0) is 10.3 Å². The van der Waals surface area contributed by atoms with E-state index < -0.39 is 41.5 Å². The third-order valence-electron chi connectivity index (χ3n) is 6.60. The van der Waals surface area contributed by atoms with Gasteiger partial charge in [-0.05, 0) is 48.0 Å². The van der Waals surface area contributed by atoms with E-state index in [0.29, 0.717) is 5.56 Å². The second-order valence-electron chi connectivity index (χ2n) is 8.96. The van der Waals surface area contributed by atoms with E-state index >= 15 is 4.39 Å². The van der Waals surface area contributed by atoms with Crippen molar-refractivity contribution in [2.45, 2.75) is 18.1 Å². The lowest BCUT2D eigenvalue weighted by Gasteiger charge is -2.36. The minimum atomic E-state index is -2.83. The predicted octanol–water partition coefficient (Wildman–Crippen LogP) is 5.57. The Bertz CT molecular complexity index is 1490. The molecule has 0 unspecified atom stereocenters. The monoisotopic (exact) mass is 552 g/mol. The van der Waals surface area contributed by atoms with Gasteiger partial charge < -0.3 is 10.1 Å². The fourth-order valence-electron chi connectivity index (χ4n) is 4.64. The summed E-state index contributed by atoms with van der Waals surface area (Å²) in [7, 11) is 0. The van der Waals surface area contributed by atoms with Crippen molar-refractivity contribution in [3.8, 4) is 6.07 Å². The Hall–Kier alpha value is -4.01. The number of thioether (sulfide) groups is 1. The van der Waals surface area contributed by atoms with Crippen molar-refractivity contribution in [1.29, 1.82) is 5.26 Å². The van der Waals surface area contributed by atoms with Crippen LogP contribution in [0, 0.1) is 23.1 Å². The van der Waals surface area contributed by atoms with E-state index in [1.807, 2.05) is 6.07 Å². The molecule has 0 bridgehead atoms. The number of carbonyl (C=O) groups excluding carboxylic acids is 1. The number of carbonyl (C=O) groups is 1. The number of nitrogens with zero attached hydrogens (tertiary/aromatic N) is 3. The van der Waals surface area contributed by atoms with Gasteiger partial charge in [0.1, 0.15) is 29.4 Å². The number of pyridine rings is 1. The van der Waals surface area contributed by atoms with Crippen LogP contribution in [0.15, 0.2) is 71.9 Å². The van der Waals surface area contributed by atoms with Crippen molar-refractivity contribution < 1.29 is 27.1 Å². The van der Waals surface area contributed by atoms with Crippen molar-refractivity contribution in [1.82, 2.24) is 10.3 Å². The Morgan fingerprint density at radius 3 is 2.69 bits per heavy atom. The molecule has 1 saturated heterocycles. The minimum absolute atomic E-state index is 0.0316. The van der Waals surface area contributed by atoms with Crippen molar-refractivity contribution in [2.75, 3.05) is 12.4 Å². The molecule has 0 radical (unpaired) electrons. The molecule has 198 valence electrons. The largest absolute Gasteiger partial charge is 0.369 e. The zero-order valence-corrected chi connectivity index (χ0v) is 21.0. The van der Waals surface area contributed by atoms with Gasteiger partial charge in [-0.3, -0.25) is 9.78 Å². The quantitative estimate of drug-likeness (QED) is 0.419. The van der Waals surface area contributed by atoms with E-state index in [0.717, 1.165) is 23.9 Å². The molecule has 2 aliphatic heterocycles. The Morgan fingerprint density at radius 2 is 2.00 bits per heavy atom. The van der Waals surface area contributed by atoms with Crippen molar-refractivity contribution >= 4 is 34.7 Å². The Balaban J connectivity index is 1.53. The molecule has 39 heavy (non-hydrogen) atoms. The number of benzene rings is 2. The summed E-state index contributed by atoms with van der Waals surface area (Å²) in [5, 5.41) is 11.7. The molecule has 6 nitrogen and oxygen atoms in total. The van der Waals surface area contributed by atoms with Gasteiger partial charge in [0.05, 0.1) is 17.9 Å². The molecular weight excluding hydrogens is 532 g/mol. The molecule has 11 heteroatoms. The van der Waals surface area contributed by atoms with Crippen LogP contribution in [-0.4, -0.2) is 40.9 Å². The molecule has 2 aliphatic rings. The van der Waals surface area contributed by atoms with Gasteiger partial charge in [-0.1, -0.05) is 36.0 Å². The van der Waals surface area contributed by atoms with Gasteiger partial charge in [0.2, 0.25) is 0 Å². The third-order valence-corrected chi connectivity index (χ3v) is 7.59. The van der Waals surface area contributed by atoms with E-state index in [1.165, 1.54) is 30.5 Å². The zero-order valence-electron chi connectivity index (χ0n) is 20.2. The van der Waals surface area contributed by atoms with Crippen molar-refractivity contribution in [3.05, 3.63) is 101 Å². The molecule has 3 heterocycles. The summed E-state index contributed by atoms with van der Waals surface area (Å²) in [6.07, 6.45) is -1.98. The lowest BCUT2D eigenvalue weighted by molar-refractivity contribution is -0.0359. The normalized spacial score (nSPS) is 22.7. The first-order chi connectivity index (χ1) is 18.8. The van der Waals surface area contributed by atoms with Crippen LogP contribution in [0.3, 0.4) is 0 Å². The van der Waals surface area contributed by atoms with Gasteiger partial charge in [0.25, 0.3) is 12.3 Å². The summed E-state index contributed by atoms with van der Waals surface area (Å²) in [6.45, 7) is -0.346. The molecule has 1 amide bonds. The standard InChI is InChI=1S/C28H20F4N4O2S/c29-21-8-6-16(11-22(30)23-9-7-17(12-33)13-34-23)10-19(21)28-15-38-24(25(31)32)20(28)14-39-27(36-28)35-26(37)18-4-2-1-3-5-18/h1-11,13,20,24-25H,14-15H2,(H,35,36,37)/b22-11-/t20-,24+,28-/m1/s1. The highest BCUT2D eigenvalue weighted by Gasteiger charge is 2.57. The number of halogens is 4. The lowest BCUT2D eigenvalue weighted by atomic mass is 9.78. The molecule has 0 aliphatic carbocycles. The number of amides is 1. The van der Waals surface area contributed by atoms with E-state index in [-0.39, 0.29) is 39.9 Å². The second-order valence-corrected chi connectivity index (χ2v) is 9.97.